The van der Waals surface area contributed by atoms with Crippen LogP contribution in [-0.2, 0) is 28.3 Å². The first kappa shape index (κ1) is 16.8. The summed E-state index contributed by atoms with van der Waals surface area (Å²) >= 11 is 0. The van der Waals surface area contributed by atoms with E-state index in [9.17, 15) is 19.8 Å². The second kappa shape index (κ2) is 5.32. The average Bonchev–Trinajstić information content (AvgIpc) is 3.05. The first-order valence-corrected chi connectivity index (χ1v) is 8.93. The number of aromatic nitrogens is 2. The van der Waals surface area contributed by atoms with E-state index in [0.717, 1.165) is 5.56 Å². The Morgan fingerprint density at radius 2 is 2.11 bits per heavy atom. The third-order valence-electron chi connectivity index (χ3n) is 5.71. The fourth-order valence-corrected chi connectivity index (χ4v) is 4.06. The Balaban J connectivity index is 1.80. The van der Waals surface area contributed by atoms with E-state index in [0.29, 0.717) is 22.3 Å². The van der Waals surface area contributed by atoms with Crippen molar-refractivity contribution in [1.82, 2.24) is 9.55 Å². The van der Waals surface area contributed by atoms with Gasteiger partial charge in [0.15, 0.2) is 5.60 Å². The number of carbonyl (C=O) groups excluding carboxylic acids is 1. The minimum atomic E-state index is -1.85. The molecular weight excluding hydrogens is 362 g/mol. The zero-order valence-corrected chi connectivity index (χ0v) is 15.0. The lowest BCUT2D eigenvalue weighted by Gasteiger charge is -2.31. The molecule has 1 unspecified atom stereocenters. The minimum Gasteiger partial charge on any atom is -0.506 e. The first-order chi connectivity index (χ1) is 13.3. The van der Waals surface area contributed by atoms with Gasteiger partial charge in [0.05, 0.1) is 34.7 Å². The molecule has 2 aliphatic heterocycles. The molecule has 28 heavy (non-hydrogen) atoms. The van der Waals surface area contributed by atoms with Gasteiger partial charge in [-0.05, 0) is 30.7 Å². The Labute approximate surface area is 158 Å². The molecule has 0 aliphatic carbocycles. The summed E-state index contributed by atoms with van der Waals surface area (Å²) in [5.74, 6) is -0.777. The third-order valence-corrected chi connectivity index (χ3v) is 5.71. The lowest BCUT2D eigenvalue weighted by Crippen LogP contribution is -2.44. The number of anilines is 1. The van der Waals surface area contributed by atoms with E-state index in [1.54, 1.807) is 23.6 Å². The number of aliphatic hydroxyl groups is 1. The van der Waals surface area contributed by atoms with Gasteiger partial charge in [-0.3, -0.25) is 4.79 Å². The van der Waals surface area contributed by atoms with Crippen molar-refractivity contribution in [2.24, 2.45) is 0 Å². The molecule has 0 radical (unpaired) electrons. The molecule has 0 saturated carbocycles. The maximum atomic E-state index is 13.1. The number of nitrogens with two attached hydrogens (primary N) is 1. The predicted molar refractivity (Wildman–Crippen MR) is 101 cm³/mol. The van der Waals surface area contributed by atoms with Gasteiger partial charge in [0, 0.05) is 16.5 Å². The van der Waals surface area contributed by atoms with Gasteiger partial charge >= 0.3 is 5.97 Å². The largest absolute Gasteiger partial charge is 0.506 e. The van der Waals surface area contributed by atoms with Crippen LogP contribution in [0.1, 0.15) is 30.0 Å². The second-order valence-corrected chi connectivity index (χ2v) is 7.16. The molecule has 0 fully saturated rings. The second-order valence-electron chi connectivity index (χ2n) is 7.16. The molecule has 2 aliphatic rings. The number of cyclic esters (lactones) is 1. The summed E-state index contributed by atoms with van der Waals surface area (Å²) < 4.78 is 6.61. The standard InChI is InChI=1S/C20H17N3O5/c1-2-20(27)12-6-14-17-9(5-10-13(22-17)3-4-15(24)16(10)21)7-23(14)18(25)11(12)8-28-19(20)26/h3-6,24,27H,2,7-8,21H2,1H3. The number of ether oxygens (including phenoxy) is 1. The van der Waals surface area contributed by atoms with Crippen molar-refractivity contribution in [3.63, 3.8) is 0 Å². The van der Waals surface area contributed by atoms with Crippen LogP contribution in [0.15, 0.2) is 29.1 Å². The minimum absolute atomic E-state index is 0.0268. The van der Waals surface area contributed by atoms with Crippen molar-refractivity contribution < 1.29 is 19.7 Å². The fourth-order valence-electron chi connectivity index (χ4n) is 4.06. The van der Waals surface area contributed by atoms with E-state index in [-0.39, 0.29) is 47.7 Å². The molecule has 5 rings (SSSR count). The molecule has 0 bridgehead atoms. The summed E-state index contributed by atoms with van der Waals surface area (Å²) in [6.07, 6.45) is 0.0928. The number of carbonyl (C=O) groups is 1. The lowest BCUT2D eigenvalue weighted by atomic mass is 9.86. The van der Waals surface area contributed by atoms with Crippen LogP contribution in [0.2, 0.25) is 0 Å². The highest BCUT2D eigenvalue weighted by atomic mass is 16.6. The number of phenols is 1. The van der Waals surface area contributed by atoms with Crippen molar-refractivity contribution in [3.8, 4) is 17.1 Å². The Bertz CT molecular complexity index is 1260. The highest BCUT2D eigenvalue weighted by molar-refractivity contribution is 5.95. The normalized spacial score (nSPS) is 19.9. The summed E-state index contributed by atoms with van der Waals surface area (Å²) in [7, 11) is 0. The van der Waals surface area contributed by atoms with Crippen molar-refractivity contribution in [2.45, 2.75) is 32.1 Å². The van der Waals surface area contributed by atoms with Gasteiger partial charge in [-0.2, -0.15) is 0 Å². The molecule has 8 nitrogen and oxygen atoms in total. The van der Waals surface area contributed by atoms with E-state index < -0.39 is 11.6 Å². The maximum absolute atomic E-state index is 13.1. The zero-order chi connectivity index (χ0) is 19.8. The predicted octanol–water partition coefficient (Wildman–Crippen LogP) is 1.37. The smallest absolute Gasteiger partial charge is 0.343 e. The van der Waals surface area contributed by atoms with Crippen LogP contribution in [0.5, 0.6) is 5.75 Å². The summed E-state index contributed by atoms with van der Waals surface area (Å²) in [5.41, 5.74) is 7.08. The quantitative estimate of drug-likeness (QED) is 0.259. The van der Waals surface area contributed by atoms with E-state index >= 15 is 0 Å². The first-order valence-electron chi connectivity index (χ1n) is 8.93. The Kier molecular flexibility index (Phi) is 3.19. The van der Waals surface area contributed by atoms with Crippen LogP contribution in [0, 0.1) is 0 Å². The highest BCUT2D eigenvalue weighted by Gasteiger charge is 2.45. The number of hydrogen-bond acceptors (Lipinski definition) is 7. The number of benzene rings is 1. The van der Waals surface area contributed by atoms with Crippen molar-refractivity contribution in [2.75, 3.05) is 5.73 Å². The van der Waals surface area contributed by atoms with Crippen LogP contribution < -0.4 is 11.3 Å². The number of esters is 1. The van der Waals surface area contributed by atoms with Crippen molar-refractivity contribution in [1.29, 1.82) is 0 Å². The van der Waals surface area contributed by atoms with Crippen molar-refractivity contribution >= 4 is 22.6 Å². The number of phenolic OH excluding ortho intramolecular Hbond substituents is 1. The van der Waals surface area contributed by atoms with Gasteiger partial charge in [-0.15, -0.1) is 0 Å². The molecule has 4 N–H and O–H groups in total. The molecule has 1 aromatic carbocycles. The summed E-state index contributed by atoms with van der Waals surface area (Å²) in [6.45, 7) is 1.78. The number of nitrogens with zero attached hydrogens (tertiary/aromatic N) is 2. The number of hydrogen-bond donors (Lipinski definition) is 3. The van der Waals surface area contributed by atoms with Gasteiger partial charge in [-0.25, -0.2) is 9.78 Å². The maximum Gasteiger partial charge on any atom is 0.343 e. The highest BCUT2D eigenvalue weighted by Crippen LogP contribution is 2.39. The Morgan fingerprint density at radius 1 is 1.32 bits per heavy atom. The fraction of sp³-hybridized carbons (Fsp3) is 0.250. The van der Waals surface area contributed by atoms with Crippen LogP contribution >= 0.6 is 0 Å². The summed E-state index contributed by atoms with van der Waals surface area (Å²) in [6, 6.07) is 6.60. The van der Waals surface area contributed by atoms with Gasteiger partial charge in [0.25, 0.3) is 5.56 Å². The molecule has 1 atom stereocenters. The summed E-state index contributed by atoms with van der Waals surface area (Å²) in [5, 5.41) is 21.3. The zero-order valence-electron chi connectivity index (χ0n) is 15.0. The Morgan fingerprint density at radius 3 is 2.86 bits per heavy atom. The molecule has 2 aromatic heterocycles. The molecular formula is C20H17N3O5. The molecule has 0 amide bonds. The monoisotopic (exact) mass is 379 g/mol. The van der Waals surface area contributed by atoms with E-state index in [1.807, 2.05) is 6.07 Å². The molecule has 4 heterocycles. The van der Waals surface area contributed by atoms with Crippen LogP contribution in [0.3, 0.4) is 0 Å². The third kappa shape index (κ3) is 1.95. The molecule has 0 spiro atoms. The van der Waals surface area contributed by atoms with Crippen LogP contribution in [0.4, 0.5) is 5.69 Å². The Hall–Kier alpha value is -3.39. The molecule has 8 heteroatoms. The average molecular weight is 379 g/mol. The van der Waals surface area contributed by atoms with Crippen LogP contribution in [-0.4, -0.2) is 25.7 Å². The number of nitrogen functional groups attached to an aromatic ring is 1. The van der Waals surface area contributed by atoms with E-state index in [2.05, 4.69) is 4.98 Å². The van der Waals surface area contributed by atoms with Gasteiger partial charge < -0.3 is 25.3 Å². The van der Waals surface area contributed by atoms with E-state index in [1.165, 1.54) is 6.07 Å². The van der Waals surface area contributed by atoms with Gasteiger partial charge in [0.1, 0.15) is 12.4 Å². The topological polar surface area (TPSA) is 128 Å². The van der Waals surface area contributed by atoms with Crippen LogP contribution in [0.25, 0.3) is 22.3 Å². The molecule has 142 valence electrons. The van der Waals surface area contributed by atoms with E-state index in [4.69, 9.17) is 10.5 Å². The SMILES string of the molecule is CCC1(O)C(=O)OCc2c1cc1n(c2=O)Cc2cc3c(N)c(O)ccc3nc2-1. The molecule has 3 aromatic rings. The van der Waals surface area contributed by atoms with Gasteiger partial charge in [-0.1, -0.05) is 6.92 Å². The van der Waals surface area contributed by atoms with Crippen molar-refractivity contribution in [3.05, 3.63) is 51.3 Å². The number of rotatable bonds is 1. The molecule has 0 saturated heterocycles. The number of pyridine rings is 2. The lowest BCUT2D eigenvalue weighted by molar-refractivity contribution is -0.172. The summed E-state index contributed by atoms with van der Waals surface area (Å²) in [4.78, 5) is 29.9. The number of fused-ring (bicyclic) bond motifs is 5. The number of aromatic hydroxyl groups is 1. The van der Waals surface area contributed by atoms with Gasteiger partial charge in [0.2, 0.25) is 0 Å².